The van der Waals surface area contributed by atoms with Gasteiger partial charge in [-0.3, -0.25) is 9.59 Å². The lowest BCUT2D eigenvalue weighted by atomic mass is 9.98. The van der Waals surface area contributed by atoms with Crippen molar-refractivity contribution >= 4 is 11.9 Å². The number of esters is 1. The predicted octanol–water partition coefficient (Wildman–Crippen LogP) is 4.00. The van der Waals surface area contributed by atoms with Gasteiger partial charge in [0.05, 0.1) is 24.5 Å². The average molecular weight is 320 g/mol. The van der Waals surface area contributed by atoms with Crippen LogP contribution in [0.15, 0.2) is 0 Å². The van der Waals surface area contributed by atoms with Crippen molar-refractivity contribution in [2.75, 3.05) is 20.8 Å². The zero-order chi connectivity index (χ0) is 18.8. The maximum absolute atomic E-state index is 10.6. The number of aliphatic carboxylic acids is 1. The van der Waals surface area contributed by atoms with Crippen LogP contribution in [0.2, 0.25) is 0 Å². The molecule has 0 aliphatic carbocycles. The van der Waals surface area contributed by atoms with Gasteiger partial charge in [0.15, 0.2) is 0 Å². The largest absolute Gasteiger partial charge is 0.481 e. The zero-order valence-electron chi connectivity index (χ0n) is 16.3. The SMILES string of the molecule is CC(C)(C)C(=O)O.COC(=O)C(C)(C)C.COCC(C)(C)C. The van der Waals surface area contributed by atoms with E-state index in [1.54, 1.807) is 27.9 Å². The molecule has 134 valence electrons. The Morgan fingerprint density at radius 2 is 1.14 bits per heavy atom. The van der Waals surface area contributed by atoms with Crippen LogP contribution < -0.4 is 0 Å². The molecule has 0 unspecified atom stereocenters. The van der Waals surface area contributed by atoms with Crippen LogP contribution in [-0.2, 0) is 19.1 Å². The van der Waals surface area contributed by atoms with Crippen LogP contribution >= 0.6 is 0 Å². The highest BCUT2D eigenvalue weighted by Gasteiger charge is 2.21. The van der Waals surface area contributed by atoms with E-state index in [0.717, 1.165) is 6.61 Å². The van der Waals surface area contributed by atoms with Gasteiger partial charge >= 0.3 is 11.9 Å². The molecular weight excluding hydrogens is 284 g/mol. The van der Waals surface area contributed by atoms with E-state index >= 15 is 0 Å². The lowest BCUT2D eigenvalue weighted by molar-refractivity contribution is -0.149. The van der Waals surface area contributed by atoms with Crippen molar-refractivity contribution in [3.8, 4) is 0 Å². The molecule has 5 heteroatoms. The Morgan fingerprint density at radius 3 is 1.14 bits per heavy atom. The first kappa shape index (κ1) is 25.8. The molecule has 0 aromatic rings. The maximum atomic E-state index is 10.6. The Kier molecular flexibility index (Phi) is 12.4. The number of hydrogen-bond acceptors (Lipinski definition) is 4. The summed E-state index contributed by atoms with van der Waals surface area (Å²) in [6.45, 7) is 17.7. The van der Waals surface area contributed by atoms with Crippen molar-refractivity contribution in [3.63, 3.8) is 0 Å². The molecule has 0 heterocycles. The van der Waals surface area contributed by atoms with Gasteiger partial charge in [-0.05, 0) is 47.0 Å². The van der Waals surface area contributed by atoms with E-state index in [-0.39, 0.29) is 11.4 Å². The fourth-order valence-corrected chi connectivity index (χ4v) is 0.739. The maximum Gasteiger partial charge on any atom is 0.310 e. The number of carboxylic acids is 1. The molecule has 1 N–H and O–H groups in total. The molecule has 0 aromatic heterocycles. The lowest BCUT2D eigenvalue weighted by Crippen LogP contribution is -2.21. The minimum Gasteiger partial charge on any atom is -0.481 e. The van der Waals surface area contributed by atoms with Crippen molar-refractivity contribution in [1.29, 1.82) is 0 Å². The van der Waals surface area contributed by atoms with Crippen molar-refractivity contribution in [2.24, 2.45) is 16.2 Å². The van der Waals surface area contributed by atoms with Crippen LogP contribution in [0.4, 0.5) is 0 Å². The molecule has 0 spiro atoms. The van der Waals surface area contributed by atoms with E-state index in [4.69, 9.17) is 9.84 Å². The molecular formula is C17H36O5. The quantitative estimate of drug-likeness (QED) is 0.739. The standard InChI is InChI=1S/C6H12O2.C6H14O.C5H10O2/c1-6(2,3)5(7)8-4;1-6(2,3)5-7-4;1-5(2,3)4(6)7/h1-4H3;5H2,1-4H3;1-3H3,(H,6,7). The van der Waals surface area contributed by atoms with Gasteiger partial charge in [0.2, 0.25) is 0 Å². The molecule has 0 aromatic carbocycles. The van der Waals surface area contributed by atoms with Crippen molar-refractivity contribution in [1.82, 2.24) is 0 Å². The summed E-state index contributed by atoms with van der Waals surface area (Å²) >= 11 is 0. The summed E-state index contributed by atoms with van der Waals surface area (Å²) in [6.07, 6.45) is 0. The number of ether oxygens (including phenoxy) is 2. The number of carbonyl (C=O) groups excluding carboxylic acids is 1. The van der Waals surface area contributed by atoms with Gasteiger partial charge in [0, 0.05) is 7.11 Å². The van der Waals surface area contributed by atoms with Crippen molar-refractivity contribution in [2.45, 2.75) is 62.3 Å². The summed E-state index contributed by atoms with van der Waals surface area (Å²) in [4.78, 5) is 20.6. The molecule has 0 fully saturated rings. The summed E-state index contributed by atoms with van der Waals surface area (Å²) in [6, 6.07) is 0. The van der Waals surface area contributed by atoms with Crippen LogP contribution in [0, 0.1) is 16.2 Å². The fourth-order valence-electron chi connectivity index (χ4n) is 0.739. The fraction of sp³-hybridized carbons (Fsp3) is 0.882. The second kappa shape index (κ2) is 10.6. The normalized spacial score (nSPS) is 11.4. The van der Waals surface area contributed by atoms with Crippen molar-refractivity contribution in [3.05, 3.63) is 0 Å². The summed E-state index contributed by atoms with van der Waals surface area (Å²) < 4.78 is 9.38. The smallest absolute Gasteiger partial charge is 0.310 e. The number of hydrogen-bond donors (Lipinski definition) is 1. The summed E-state index contributed by atoms with van der Waals surface area (Å²) in [5, 5.41) is 8.25. The second-order valence-corrected chi connectivity index (χ2v) is 8.29. The van der Waals surface area contributed by atoms with E-state index in [9.17, 15) is 9.59 Å². The number of carbonyl (C=O) groups is 2. The Balaban J connectivity index is -0.000000247. The summed E-state index contributed by atoms with van der Waals surface area (Å²) in [5.41, 5.74) is -0.608. The van der Waals surface area contributed by atoms with Crippen LogP contribution in [0.25, 0.3) is 0 Å². The van der Waals surface area contributed by atoms with E-state index in [1.807, 2.05) is 20.8 Å². The molecule has 22 heavy (non-hydrogen) atoms. The lowest BCUT2D eigenvalue weighted by Gasteiger charge is -2.15. The molecule has 0 saturated carbocycles. The first-order chi connectivity index (χ1) is 9.49. The highest BCUT2D eigenvalue weighted by molar-refractivity contribution is 5.75. The summed E-state index contributed by atoms with van der Waals surface area (Å²) in [5.74, 6) is -0.926. The molecule has 5 nitrogen and oxygen atoms in total. The number of rotatable bonds is 1. The van der Waals surface area contributed by atoms with Gasteiger partial charge in [-0.1, -0.05) is 20.8 Å². The minimum absolute atomic E-state index is 0.169. The number of methoxy groups -OCH3 is 2. The van der Waals surface area contributed by atoms with Crippen LogP contribution in [0.1, 0.15) is 62.3 Å². The highest BCUT2D eigenvalue weighted by Crippen LogP contribution is 2.13. The zero-order valence-corrected chi connectivity index (χ0v) is 16.3. The van der Waals surface area contributed by atoms with E-state index in [1.165, 1.54) is 7.11 Å². The van der Waals surface area contributed by atoms with Crippen molar-refractivity contribution < 1.29 is 24.2 Å². The Morgan fingerprint density at radius 1 is 0.818 bits per heavy atom. The predicted molar refractivity (Wildman–Crippen MR) is 89.9 cm³/mol. The number of carboxylic acid groups (broad SMARTS) is 1. The average Bonchev–Trinajstić information content (AvgIpc) is 2.25. The van der Waals surface area contributed by atoms with E-state index < -0.39 is 11.4 Å². The molecule has 0 amide bonds. The minimum atomic E-state index is -0.757. The van der Waals surface area contributed by atoms with E-state index in [2.05, 4.69) is 25.5 Å². The molecule has 0 radical (unpaired) electrons. The Labute approximate surface area is 136 Å². The third kappa shape index (κ3) is 21.2. The molecule has 0 atom stereocenters. The topological polar surface area (TPSA) is 72.8 Å². The van der Waals surface area contributed by atoms with E-state index in [0.29, 0.717) is 5.41 Å². The van der Waals surface area contributed by atoms with Crippen LogP contribution in [-0.4, -0.2) is 37.9 Å². The van der Waals surface area contributed by atoms with Crippen LogP contribution in [0.5, 0.6) is 0 Å². The van der Waals surface area contributed by atoms with Crippen LogP contribution in [0.3, 0.4) is 0 Å². The highest BCUT2D eigenvalue weighted by atomic mass is 16.5. The van der Waals surface area contributed by atoms with Gasteiger partial charge in [-0.15, -0.1) is 0 Å². The first-order valence-corrected chi connectivity index (χ1v) is 7.29. The second-order valence-electron chi connectivity index (χ2n) is 8.29. The van der Waals surface area contributed by atoms with Gasteiger partial charge in [0.1, 0.15) is 0 Å². The Bertz CT molecular complexity index is 313. The monoisotopic (exact) mass is 320 g/mol. The van der Waals surface area contributed by atoms with Gasteiger partial charge < -0.3 is 14.6 Å². The van der Waals surface area contributed by atoms with Gasteiger partial charge in [0.25, 0.3) is 0 Å². The third-order valence-electron chi connectivity index (χ3n) is 2.02. The summed E-state index contributed by atoms with van der Waals surface area (Å²) in [7, 11) is 3.12. The molecule has 0 aliphatic rings. The molecule has 0 rings (SSSR count). The molecule has 0 saturated heterocycles. The van der Waals surface area contributed by atoms with Gasteiger partial charge in [-0.25, -0.2) is 0 Å². The molecule has 0 aliphatic heterocycles. The third-order valence-corrected chi connectivity index (χ3v) is 2.02. The van der Waals surface area contributed by atoms with Gasteiger partial charge in [-0.2, -0.15) is 0 Å². The Hall–Kier alpha value is -1.10. The first-order valence-electron chi connectivity index (χ1n) is 7.29. The molecule has 0 bridgehead atoms.